The van der Waals surface area contributed by atoms with E-state index >= 15 is 0 Å². The summed E-state index contributed by atoms with van der Waals surface area (Å²) in [6.45, 7) is 4.05. The number of allylic oxidation sites excluding steroid dienone is 2. The highest BCUT2D eigenvalue weighted by atomic mass is 19.2. The molecule has 0 saturated heterocycles. The lowest BCUT2D eigenvalue weighted by atomic mass is 9.67. The third kappa shape index (κ3) is 3.70. The van der Waals surface area contributed by atoms with Crippen molar-refractivity contribution in [1.29, 1.82) is 0 Å². The lowest BCUT2D eigenvalue weighted by molar-refractivity contribution is -0.0121. The van der Waals surface area contributed by atoms with Crippen LogP contribution in [0.5, 0.6) is 0 Å². The highest BCUT2D eigenvalue weighted by Gasteiger charge is 2.45. The van der Waals surface area contributed by atoms with Gasteiger partial charge in [0.2, 0.25) is 0 Å². The molecule has 0 aromatic heterocycles. The van der Waals surface area contributed by atoms with Crippen LogP contribution in [0.15, 0.2) is 11.6 Å². The molecular formula is C21H33F3. The molecule has 3 aliphatic rings. The van der Waals surface area contributed by atoms with E-state index in [1.807, 2.05) is 0 Å². The SMILES string of the molecule is CCC1CCC(C2CC=C(C3CC(F)C(F)C(F)C3C)CC2)CC1. The van der Waals surface area contributed by atoms with Crippen molar-refractivity contribution in [3.05, 3.63) is 11.6 Å². The maximum atomic E-state index is 14.0. The van der Waals surface area contributed by atoms with Gasteiger partial charge in [-0.15, -0.1) is 0 Å². The molecule has 6 atom stereocenters. The van der Waals surface area contributed by atoms with Crippen LogP contribution in [0.25, 0.3) is 0 Å². The van der Waals surface area contributed by atoms with Crippen molar-refractivity contribution in [3.63, 3.8) is 0 Å². The molecule has 0 bridgehead atoms. The van der Waals surface area contributed by atoms with Crippen molar-refractivity contribution >= 4 is 0 Å². The third-order valence-corrected chi connectivity index (χ3v) is 7.36. The highest BCUT2D eigenvalue weighted by Crippen LogP contribution is 2.45. The predicted octanol–water partition coefficient (Wildman–Crippen LogP) is 6.60. The van der Waals surface area contributed by atoms with E-state index < -0.39 is 24.4 Å². The Morgan fingerprint density at radius 2 is 1.67 bits per heavy atom. The molecule has 6 unspecified atom stereocenters. The Morgan fingerprint density at radius 1 is 0.958 bits per heavy atom. The number of alkyl halides is 3. The zero-order valence-corrected chi connectivity index (χ0v) is 15.2. The molecule has 138 valence electrons. The van der Waals surface area contributed by atoms with Crippen molar-refractivity contribution < 1.29 is 13.2 Å². The van der Waals surface area contributed by atoms with Gasteiger partial charge < -0.3 is 0 Å². The van der Waals surface area contributed by atoms with Crippen molar-refractivity contribution in [2.24, 2.45) is 29.6 Å². The van der Waals surface area contributed by atoms with E-state index in [0.717, 1.165) is 37.0 Å². The van der Waals surface area contributed by atoms with Crippen LogP contribution in [0.3, 0.4) is 0 Å². The van der Waals surface area contributed by atoms with E-state index in [9.17, 15) is 13.2 Å². The first kappa shape index (κ1) is 18.3. The summed E-state index contributed by atoms with van der Waals surface area (Å²) in [6, 6.07) is 0. The van der Waals surface area contributed by atoms with Gasteiger partial charge in [-0.05, 0) is 68.1 Å². The second-order valence-corrected chi connectivity index (χ2v) is 8.61. The van der Waals surface area contributed by atoms with E-state index in [1.54, 1.807) is 6.92 Å². The Hall–Kier alpha value is -0.470. The molecule has 3 rings (SSSR count). The number of hydrogen-bond acceptors (Lipinski definition) is 0. The van der Waals surface area contributed by atoms with Crippen LogP contribution in [0.4, 0.5) is 13.2 Å². The molecule has 0 spiro atoms. The van der Waals surface area contributed by atoms with Crippen LogP contribution in [-0.4, -0.2) is 18.5 Å². The zero-order valence-electron chi connectivity index (χ0n) is 15.2. The van der Waals surface area contributed by atoms with Crippen molar-refractivity contribution in [2.75, 3.05) is 0 Å². The topological polar surface area (TPSA) is 0 Å². The minimum atomic E-state index is -1.93. The van der Waals surface area contributed by atoms with E-state index in [0.29, 0.717) is 0 Å². The standard InChI is InChI=1S/C21H33F3/c1-3-14-4-6-15(7-5-14)16-8-10-17(11-9-16)18-12-19(22)21(24)20(23)13(18)2/h10,13-16,18-21H,3-9,11-12H2,1-2H3. The largest absolute Gasteiger partial charge is 0.244 e. The molecule has 0 aliphatic heterocycles. The first-order valence-electron chi connectivity index (χ1n) is 10.1. The van der Waals surface area contributed by atoms with Gasteiger partial charge >= 0.3 is 0 Å². The monoisotopic (exact) mass is 342 g/mol. The van der Waals surface area contributed by atoms with Crippen LogP contribution in [0.2, 0.25) is 0 Å². The summed E-state index contributed by atoms with van der Waals surface area (Å²) in [5, 5.41) is 0. The Kier molecular flexibility index (Phi) is 5.98. The average Bonchev–Trinajstić information content (AvgIpc) is 2.63. The molecule has 0 nitrogen and oxygen atoms in total. The molecule has 0 aromatic carbocycles. The van der Waals surface area contributed by atoms with Gasteiger partial charge in [0.15, 0.2) is 6.17 Å². The molecule has 2 saturated carbocycles. The van der Waals surface area contributed by atoms with E-state index in [4.69, 9.17) is 0 Å². The fraction of sp³-hybridized carbons (Fsp3) is 0.905. The zero-order chi connectivity index (χ0) is 17.3. The first-order valence-corrected chi connectivity index (χ1v) is 10.1. The Balaban J connectivity index is 1.57. The van der Waals surface area contributed by atoms with Crippen LogP contribution in [0, 0.1) is 29.6 Å². The summed E-state index contributed by atoms with van der Waals surface area (Å²) in [5.74, 6) is 2.03. The molecule has 24 heavy (non-hydrogen) atoms. The Bertz CT molecular complexity index is 438. The molecular weight excluding hydrogens is 309 g/mol. The summed E-state index contributed by atoms with van der Waals surface area (Å²) in [6.07, 6.45) is 7.17. The quantitative estimate of drug-likeness (QED) is 0.507. The number of halogens is 3. The van der Waals surface area contributed by atoms with Gasteiger partial charge in [-0.1, -0.05) is 44.8 Å². The minimum Gasteiger partial charge on any atom is -0.244 e. The van der Waals surface area contributed by atoms with Gasteiger partial charge in [0.25, 0.3) is 0 Å². The van der Waals surface area contributed by atoms with Crippen LogP contribution in [0.1, 0.15) is 71.6 Å². The predicted molar refractivity (Wildman–Crippen MR) is 93.1 cm³/mol. The summed E-state index contributed by atoms with van der Waals surface area (Å²) >= 11 is 0. The summed E-state index contributed by atoms with van der Waals surface area (Å²) in [5.41, 5.74) is 1.21. The van der Waals surface area contributed by atoms with Crippen molar-refractivity contribution in [3.8, 4) is 0 Å². The van der Waals surface area contributed by atoms with E-state index in [-0.39, 0.29) is 12.3 Å². The molecule has 0 radical (unpaired) electrons. The number of rotatable bonds is 3. The number of hydrogen-bond donors (Lipinski definition) is 0. The van der Waals surface area contributed by atoms with Crippen LogP contribution < -0.4 is 0 Å². The normalized spacial score (nSPS) is 47.3. The summed E-state index contributed by atoms with van der Waals surface area (Å²) < 4.78 is 41.4. The molecule has 0 heterocycles. The van der Waals surface area contributed by atoms with Gasteiger partial charge in [-0.2, -0.15) is 0 Å². The molecule has 0 aromatic rings. The fourth-order valence-electron chi connectivity index (χ4n) is 5.50. The fourth-order valence-corrected chi connectivity index (χ4v) is 5.50. The lowest BCUT2D eigenvalue weighted by Gasteiger charge is -2.40. The van der Waals surface area contributed by atoms with Crippen molar-refractivity contribution in [1.82, 2.24) is 0 Å². The van der Waals surface area contributed by atoms with Gasteiger partial charge in [-0.3, -0.25) is 0 Å². The molecule has 0 N–H and O–H groups in total. The van der Waals surface area contributed by atoms with Crippen LogP contribution in [-0.2, 0) is 0 Å². The summed E-state index contributed by atoms with van der Waals surface area (Å²) in [4.78, 5) is 0. The maximum absolute atomic E-state index is 14.0. The smallest absolute Gasteiger partial charge is 0.162 e. The molecule has 3 aliphatic carbocycles. The summed E-state index contributed by atoms with van der Waals surface area (Å²) in [7, 11) is 0. The maximum Gasteiger partial charge on any atom is 0.162 e. The molecule has 0 amide bonds. The third-order valence-electron chi connectivity index (χ3n) is 7.36. The van der Waals surface area contributed by atoms with Gasteiger partial charge in [-0.25, -0.2) is 13.2 Å². The van der Waals surface area contributed by atoms with Gasteiger partial charge in [0.05, 0.1) is 0 Å². The lowest BCUT2D eigenvalue weighted by Crippen LogP contribution is -2.44. The van der Waals surface area contributed by atoms with E-state index in [1.165, 1.54) is 37.7 Å². The highest BCUT2D eigenvalue weighted by molar-refractivity contribution is 5.15. The molecule has 3 heteroatoms. The van der Waals surface area contributed by atoms with Crippen LogP contribution >= 0.6 is 0 Å². The second-order valence-electron chi connectivity index (χ2n) is 8.61. The van der Waals surface area contributed by atoms with Gasteiger partial charge in [0.1, 0.15) is 12.3 Å². The average molecular weight is 342 g/mol. The van der Waals surface area contributed by atoms with E-state index in [2.05, 4.69) is 13.0 Å². The molecule has 2 fully saturated rings. The van der Waals surface area contributed by atoms with Crippen molar-refractivity contribution in [2.45, 2.75) is 90.1 Å². The Morgan fingerprint density at radius 3 is 2.25 bits per heavy atom. The second kappa shape index (κ2) is 7.83. The minimum absolute atomic E-state index is 0.0984. The Labute approximate surface area is 145 Å². The first-order chi connectivity index (χ1) is 11.5. The van der Waals surface area contributed by atoms with Gasteiger partial charge in [0, 0.05) is 0 Å².